The highest BCUT2D eigenvalue weighted by atomic mass is 32.2. The molecule has 0 saturated carbocycles. The number of para-hydroxylation sites is 1. The first kappa shape index (κ1) is 20.2. The van der Waals surface area contributed by atoms with Crippen LogP contribution in [0.1, 0.15) is 10.4 Å². The molecule has 2 aromatic carbocycles. The van der Waals surface area contributed by atoms with Crippen molar-refractivity contribution in [2.24, 2.45) is 0 Å². The first-order valence-electron chi connectivity index (χ1n) is 7.73. The highest BCUT2D eigenvalue weighted by Gasteiger charge is 2.18. The Morgan fingerprint density at radius 1 is 1.11 bits per heavy atom. The number of hydrogen-bond donors (Lipinski definition) is 0. The molecule has 9 heteroatoms. The predicted octanol–water partition coefficient (Wildman–Crippen LogP) is 3.13. The van der Waals surface area contributed by atoms with E-state index in [-0.39, 0.29) is 17.0 Å². The van der Waals surface area contributed by atoms with E-state index < -0.39 is 23.3 Å². The zero-order valence-electron chi connectivity index (χ0n) is 14.7. The second kappa shape index (κ2) is 9.58. The maximum absolute atomic E-state index is 12.3. The zero-order valence-corrected chi connectivity index (χ0v) is 15.5. The van der Waals surface area contributed by atoms with Crippen LogP contribution in [0.5, 0.6) is 11.5 Å². The van der Waals surface area contributed by atoms with Gasteiger partial charge in [0.25, 0.3) is 5.69 Å². The fourth-order valence-electron chi connectivity index (χ4n) is 2.16. The number of hydrogen-bond acceptors (Lipinski definition) is 8. The Morgan fingerprint density at radius 2 is 1.85 bits per heavy atom. The molecule has 0 saturated heterocycles. The van der Waals surface area contributed by atoms with Crippen LogP contribution in [0.25, 0.3) is 0 Å². The number of Topliss-reactive ketones (excluding diaryl/α,β-unsaturated/α-hetero) is 1. The molecule has 0 aliphatic carbocycles. The van der Waals surface area contributed by atoms with E-state index in [1.165, 1.54) is 26.4 Å². The van der Waals surface area contributed by atoms with Crippen molar-refractivity contribution in [2.45, 2.75) is 4.90 Å². The van der Waals surface area contributed by atoms with E-state index in [0.29, 0.717) is 16.4 Å². The fraction of sp³-hybridized carbons (Fsp3) is 0.222. The smallest absolute Gasteiger partial charge is 0.316 e. The molecule has 0 spiro atoms. The summed E-state index contributed by atoms with van der Waals surface area (Å²) >= 11 is 0.972. The van der Waals surface area contributed by atoms with Crippen molar-refractivity contribution in [3.63, 3.8) is 0 Å². The Bertz CT molecular complexity index is 853. The second-order valence-electron chi connectivity index (χ2n) is 5.16. The average Bonchev–Trinajstić information content (AvgIpc) is 2.69. The number of nitro benzene ring substituents is 1. The standard InChI is InChI=1S/C18H17NO7S/c1-24-12-7-8-16(25-2)13(9-12)15(20)10-26-18(21)11-27-17-6-4-3-5-14(17)19(22)23/h3-9H,10-11H2,1-2H3. The molecule has 0 amide bonds. The number of nitrogens with zero attached hydrogens (tertiary/aromatic N) is 1. The van der Waals surface area contributed by atoms with Crippen molar-refractivity contribution in [1.29, 1.82) is 0 Å². The SMILES string of the molecule is COc1ccc(OC)c(C(=O)COC(=O)CSc2ccccc2[N+](=O)[O-])c1. The van der Waals surface area contributed by atoms with Gasteiger partial charge < -0.3 is 14.2 Å². The molecule has 0 aromatic heterocycles. The highest BCUT2D eigenvalue weighted by molar-refractivity contribution is 8.00. The Balaban J connectivity index is 1.94. The summed E-state index contributed by atoms with van der Waals surface area (Å²) in [6.07, 6.45) is 0. The van der Waals surface area contributed by atoms with Gasteiger partial charge in [-0.2, -0.15) is 0 Å². The molecule has 0 bridgehead atoms. The molecule has 0 heterocycles. The van der Waals surface area contributed by atoms with E-state index in [4.69, 9.17) is 14.2 Å². The van der Waals surface area contributed by atoms with Crippen molar-refractivity contribution >= 4 is 29.2 Å². The molecule has 27 heavy (non-hydrogen) atoms. The summed E-state index contributed by atoms with van der Waals surface area (Å²) < 4.78 is 15.2. The molecule has 0 fully saturated rings. The molecule has 0 N–H and O–H groups in total. The summed E-state index contributed by atoms with van der Waals surface area (Å²) in [7, 11) is 2.89. The number of rotatable bonds is 9. The van der Waals surface area contributed by atoms with Gasteiger partial charge in [-0.1, -0.05) is 12.1 Å². The Kier molecular flexibility index (Phi) is 7.18. The third-order valence-electron chi connectivity index (χ3n) is 3.48. The van der Waals surface area contributed by atoms with Gasteiger partial charge in [0.05, 0.1) is 35.4 Å². The lowest BCUT2D eigenvalue weighted by molar-refractivity contribution is -0.387. The van der Waals surface area contributed by atoms with Gasteiger partial charge in [-0.25, -0.2) is 0 Å². The summed E-state index contributed by atoms with van der Waals surface area (Å²) in [5, 5.41) is 11.0. The third-order valence-corrected chi connectivity index (χ3v) is 4.52. The number of carbonyl (C=O) groups is 2. The fourth-order valence-corrected chi connectivity index (χ4v) is 2.99. The summed E-state index contributed by atoms with van der Waals surface area (Å²) in [5.41, 5.74) is 0.142. The van der Waals surface area contributed by atoms with E-state index >= 15 is 0 Å². The summed E-state index contributed by atoms with van der Waals surface area (Å²) in [4.78, 5) is 35.0. The third kappa shape index (κ3) is 5.45. The predicted molar refractivity (Wildman–Crippen MR) is 98.7 cm³/mol. The molecule has 0 atom stereocenters. The molecule has 8 nitrogen and oxygen atoms in total. The van der Waals surface area contributed by atoms with Crippen LogP contribution in [-0.2, 0) is 9.53 Å². The number of nitro groups is 1. The van der Waals surface area contributed by atoms with Gasteiger partial charge in [-0.05, 0) is 24.3 Å². The summed E-state index contributed by atoms with van der Waals surface area (Å²) in [6.45, 7) is -0.472. The van der Waals surface area contributed by atoms with Gasteiger partial charge in [0.2, 0.25) is 5.78 Å². The van der Waals surface area contributed by atoms with Crippen LogP contribution >= 0.6 is 11.8 Å². The van der Waals surface area contributed by atoms with E-state index in [2.05, 4.69) is 0 Å². The minimum Gasteiger partial charge on any atom is -0.497 e. The molecule has 0 aliphatic heterocycles. The van der Waals surface area contributed by atoms with Crippen molar-refractivity contribution < 1.29 is 28.7 Å². The molecule has 142 valence electrons. The number of esters is 1. The lowest BCUT2D eigenvalue weighted by Gasteiger charge is -2.10. The zero-order chi connectivity index (χ0) is 19.8. The first-order valence-corrected chi connectivity index (χ1v) is 8.72. The number of ketones is 1. The number of benzene rings is 2. The van der Waals surface area contributed by atoms with Gasteiger partial charge >= 0.3 is 5.97 Å². The number of thioether (sulfide) groups is 1. The minimum absolute atomic E-state index is 0.0903. The van der Waals surface area contributed by atoms with Gasteiger partial charge in [-0.3, -0.25) is 19.7 Å². The molecule has 0 radical (unpaired) electrons. The monoisotopic (exact) mass is 391 g/mol. The lowest BCUT2D eigenvalue weighted by Crippen LogP contribution is -2.16. The van der Waals surface area contributed by atoms with Crippen LogP contribution < -0.4 is 9.47 Å². The molecule has 0 unspecified atom stereocenters. The van der Waals surface area contributed by atoms with Gasteiger partial charge in [0.1, 0.15) is 11.5 Å². The number of methoxy groups -OCH3 is 2. The Labute approximate surface area is 159 Å². The van der Waals surface area contributed by atoms with Crippen molar-refractivity contribution in [2.75, 3.05) is 26.6 Å². The maximum Gasteiger partial charge on any atom is 0.316 e. The Morgan fingerprint density at radius 3 is 2.52 bits per heavy atom. The second-order valence-corrected chi connectivity index (χ2v) is 6.18. The van der Waals surface area contributed by atoms with Crippen LogP contribution in [0.15, 0.2) is 47.4 Å². The van der Waals surface area contributed by atoms with Crippen molar-refractivity contribution in [3.05, 3.63) is 58.1 Å². The van der Waals surface area contributed by atoms with E-state index in [1.54, 1.807) is 30.3 Å². The van der Waals surface area contributed by atoms with Crippen molar-refractivity contribution in [3.8, 4) is 11.5 Å². The molecular formula is C18H17NO7S. The van der Waals surface area contributed by atoms with E-state index in [0.717, 1.165) is 11.8 Å². The number of carbonyl (C=O) groups excluding carboxylic acids is 2. The molecular weight excluding hydrogens is 374 g/mol. The Hall–Kier alpha value is -3.07. The van der Waals surface area contributed by atoms with Crippen LogP contribution in [0.3, 0.4) is 0 Å². The van der Waals surface area contributed by atoms with Gasteiger partial charge in [0.15, 0.2) is 6.61 Å². The largest absolute Gasteiger partial charge is 0.497 e. The van der Waals surface area contributed by atoms with Crippen molar-refractivity contribution in [1.82, 2.24) is 0 Å². The molecule has 2 rings (SSSR count). The van der Waals surface area contributed by atoms with E-state index in [1.807, 2.05) is 0 Å². The first-order chi connectivity index (χ1) is 13.0. The van der Waals surface area contributed by atoms with E-state index in [9.17, 15) is 19.7 Å². The van der Waals surface area contributed by atoms with Crippen LogP contribution in [0, 0.1) is 10.1 Å². The topological polar surface area (TPSA) is 105 Å². The maximum atomic E-state index is 12.3. The van der Waals surface area contributed by atoms with Crippen LogP contribution in [-0.4, -0.2) is 43.3 Å². The summed E-state index contributed by atoms with van der Waals surface area (Å²) in [6, 6.07) is 10.8. The van der Waals surface area contributed by atoms with Gasteiger partial charge in [0, 0.05) is 6.07 Å². The molecule has 0 aliphatic rings. The minimum atomic E-state index is -0.659. The normalized spacial score (nSPS) is 10.1. The molecule has 2 aromatic rings. The van der Waals surface area contributed by atoms with Crippen LogP contribution in [0.2, 0.25) is 0 Å². The summed E-state index contributed by atoms with van der Waals surface area (Å²) in [5.74, 6) is -0.459. The lowest BCUT2D eigenvalue weighted by atomic mass is 10.1. The average molecular weight is 391 g/mol. The number of ether oxygens (including phenoxy) is 3. The van der Waals surface area contributed by atoms with Gasteiger partial charge in [-0.15, -0.1) is 11.8 Å². The quantitative estimate of drug-likeness (QED) is 0.211. The van der Waals surface area contributed by atoms with Crippen LogP contribution in [0.4, 0.5) is 5.69 Å². The highest BCUT2D eigenvalue weighted by Crippen LogP contribution is 2.28.